The number of carbonyl (C=O) groups is 6. The van der Waals surface area contributed by atoms with Crippen molar-refractivity contribution in [1.82, 2.24) is 15.5 Å². The molecule has 4 amide bonds. The van der Waals surface area contributed by atoms with E-state index in [2.05, 4.69) is 10.6 Å². The van der Waals surface area contributed by atoms with E-state index in [0.717, 1.165) is 6.92 Å². The van der Waals surface area contributed by atoms with Crippen LogP contribution in [0.5, 0.6) is 0 Å². The van der Waals surface area contributed by atoms with Crippen molar-refractivity contribution >= 4 is 35.4 Å². The number of ketones is 1. The van der Waals surface area contributed by atoms with Crippen LogP contribution >= 0.6 is 0 Å². The van der Waals surface area contributed by atoms with Crippen LogP contribution < -0.4 is 27.8 Å². The van der Waals surface area contributed by atoms with Gasteiger partial charge in [-0.25, -0.2) is 0 Å². The largest absolute Gasteiger partial charge is 0.481 e. The first-order valence-electron chi connectivity index (χ1n) is 10.9. The summed E-state index contributed by atoms with van der Waals surface area (Å²) in [6.07, 6.45) is 1.17. The second-order valence-electron chi connectivity index (χ2n) is 8.25. The second kappa shape index (κ2) is 13.0. The van der Waals surface area contributed by atoms with Crippen molar-refractivity contribution in [1.29, 1.82) is 0 Å². The molecule has 0 saturated carbocycles. The number of amides is 4. The summed E-state index contributed by atoms with van der Waals surface area (Å²) >= 11 is 0. The number of unbranched alkanes of at least 4 members (excludes halogenated alkanes) is 1. The monoisotopic (exact) mass is 486 g/mol. The predicted molar refractivity (Wildman–Crippen MR) is 118 cm³/mol. The molecule has 10 N–H and O–H groups in total. The summed E-state index contributed by atoms with van der Waals surface area (Å²) in [5, 5.41) is 23.1. The zero-order valence-corrected chi connectivity index (χ0v) is 19.1. The van der Waals surface area contributed by atoms with E-state index < -0.39 is 72.1 Å². The summed E-state index contributed by atoms with van der Waals surface area (Å²) in [7, 11) is 0. The molecule has 1 heterocycles. The van der Waals surface area contributed by atoms with Gasteiger partial charge in [0, 0.05) is 6.54 Å². The minimum atomic E-state index is -2.38. The Labute approximate surface area is 196 Å². The third-order valence-corrected chi connectivity index (χ3v) is 5.71. The zero-order valence-electron chi connectivity index (χ0n) is 19.1. The number of carbonyl (C=O) groups excluding carboxylic acids is 5. The number of carboxylic acid groups (broad SMARTS) is 1. The number of nitrogens with two attached hydrogens (primary N) is 3. The summed E-state index contributed by atoms with van der Waals surface area (Å²) in [5.41, 5.74) is 14.1. The Balaban J connectivity index is 3.11. The number of likely N-dealkylation sites (tertiary alicyclic amines) is 1. The summed E-state index contributed by atoms with van der Waals surface area (Å²) in [6.45, 7) is 0.486. The van der Waals surface area contributed by atoms with Crippen LogP contribution in [-0.4, -0.2) is 93.9 Å². The van der Waals surface area contributed by atoms with Crippen molar-refractivity contribution in [2.75, 3.05) is 19.7 Å². The summed E-state index contributed by atoms with van der Waals surface area (Å²) in [6, 6.07) is -3.66. The zero-order chi connectivity index (χ0) is 26.1. The van der Waals surface area contributed by atoms with Crippen molar-refractivity contribution < 1.29 is 39.0 Å². The minimum Gasteiger partial charge on any atom is -0.481 e. The quantitative estimate of drug-likeness (QED) is 0.0935. The van der Waals surface area contributed by atoms with E-state index in [1.54, 1.807) is 0 Å². The van der Waals surface area contributed by atoms with E-state index >= 15 is 0 Å². The highest BCUT2D eigenvalue weighted by Crippen LogP contribution is 2.19. The van der Waals surface area contributed by atoms with Gasteiger partial charge < -0.3 is 42.9 Å². The first-order chi connectivity index (χ1) is 15.9. The fourth-order valence-corrected chi connectivity index (χ4v) is 3.56. The SMILES string of the molecule is CC(=O)[C@](N)(CO)C(=O)N[C@@H](CC(=O)O)C(=O)N[C@@H](CCCCN)C(=O)N1CCC[C@H]1C(N)=O. The average molecular weight is 487 g/mol. The fraction of sp³-hybridized carbons (Fsp3) is 0.700. The lowest BCUT2D eigenvalue weighted by Gasteiger charge is -2.30. The Morgan fingerprint density at radius 3 is 2.26 bits per heavy atom. The molecule has 0 aromatic carbocycles. The van der Waals surface area contributed by atoms with Crippen LogP contribution in [0.25, 0.3) is 0 Å². The number of nitrogens with zero attached hydrogens (tertiary/aromatic N) is 1. The van der Waals surface area contributed by atoms with E-state index in [4.69, 9.17) is 17.2 Å². The maximum atomic E-state index is 13.1. The van der Waals surface area contributed by atoms with Gasteiger partial charge in [0.15, 0.2) is 11.3 Å². The Hall–Kier alpha value is -3.10. The van der Waals surface area contributed by atoms with Crippen LogP contribution in [0, 0.1) is 0 Å². The van der Waals surface area contributed by atoms with Crippen LogP contribution in [0.15, 0.2) is 0 Å². The molecule has 0 aliphatic carbocycles. The van der Waals surface area contributed by atoms with Gasteiger partial charge in [0.1, 0.15) is 18.1 Å². The highest BCUT2D eigenvalue weighted by molar-refractivity contribution is 6.10. The first-order valence-corrected chi connectivity index (χ1v) is 10.9. The molecule has 4 atom stereocenters. The molecule has 0 bridgehead atoms. The molecule has 1 saturated heterocycles. The number of Topliss-reactive ketones (excluding diaryl/α,β-unsaturated/α-hetero) is 1. The second-order valence-corrected chi connectivity index (χ2v) is 8.25. The van der Waals surface area contributed by atoms with E-state index in [9.17, 15) is 39.0 Å². The van der Waals surface area contributed by atoms with E-state index in [1.165, 1.54) is 4.90 Å². The van der Waals surface area contributed by atoms with Crippen molar-refractivity contribution in [3.05, 3.63) is 0 Å². The predicted octanol–water partition coefficient (Wildman–Crippen LogP) is -3.69. The summed E-state index contributed by atoms with van der Waals surface area (Å²) < 4.78 is 0. The topological polar surface area (TPSA) is 248 Å². The molecule has 1 aliphatic rings. The molecule has 0 radical (unpaired) electrons. The summed E-state index contributed by atoms with van der Waals surface area (Å²) in [4.78, 5) is 74.5. The highest BCUT2D eigenvalue weighted by atomic mass is 16.4. The Kier molecular flexibility index (Phi) is 11.0. The molecule has 0 spiro atoms. The molecule has 0 unspecified atom stereocenters. The fourth-order valence-electron chi connectivity index (χ4n) is 3.56. The Morgan fingerprint density at radius 1 is 1.12 bits per heavy atom. The molecule has 14 nitrogen and oxygen atoms in total. The van der Waals surface area contributed by atoms with Gasteiger partial charge in [-0.3, -0.25) is 28.8 Å². The number of hydrogen-bond acceptors (Lipinski definition) is 9. The lowest BCUT2D eigenvalue weighted by molar-refractivity contribution is -0.144. The van der Waals surface area contributed by atoms with Crippen molar-refractivity contribution in [3.8, 4) is 0 Å². The molecule has 1 aliphatic heterocycles. The van der Waals surface area contributed by atoms with Crippen LogP contribution in [0.1, 0.15) is 45.4 Å². The number of carboxylic acids is 1. The molecule has 192 valence electrons. The van der Waals surface area contributed by atoms with Gasteiger partial charge in [-0.05, 0) is 45.6 Å². The molecule has 14 heteroatoms. The van der Waals surface area contributed by atoms with Gasteiger partial charge in [-0.15, -0.1) is 0 Å². The van der Waals surface area contributed by atoms with Gasteiger partial charge in [0.25, 0.3) is 5.91 Å². The molecule has 0 aromatic heterocycles. The number of nitrogens with one attached hydrogen (secondary N) is 2. The maximum absolute atomic E-state index is 13.1. The maximum Gasteiger partial charge on any atom is 0.305 e. The molecular formula is C20H34N6O8. The van der Waals surface area contributed by atoms with Crippen molar-refractivity contribution in [2.24, 2.45) is 17.2 Å². The third-order valence-electron chi connectivity index (χ3n) is 5.71. The van der Waals surface area contributed by atoms with E-state index in [1.807, 2.05) is 0 Å². The van der Waals surface area contributed by atoms with Gasteiger partial charge in [0.2, 0.25) is 17.7 Å². The molecule has 34 heavy (non-hydrogen) atoms. The minimum absolute atomic E-state index is 0.141. The van der Waals surface area contributed by atoms with E-state index in [0.29, 0.717) is 32.2 Å². The van der Waals surface area contributed by atoms with Crippen molar-refractivity contribution in [2.45, 2.75) is 69.1 Å². The molecular weight excluding hydrogens is 452 g/mol. The Bertz CT molecular complexity index is 806. The summed E-state index contributed by atoms with van der Waals surface area (Å²) in [5.74, 6) is -5.86. The van der Waals surface area contributed by atoms with Gasteiger partial charge >= 0.3 is 5.97 Å². The molecule has 0 aromatic rings. The van der Waals surface area contributed by atoms with Crippen LogP contribution in [0.2, 0.25) is 0 Å². The van der Waals surface area contributed by atoms with Crippen LogP contribution in [0.4, 0.5) is 0 Å². The number of primary amides is 1. The highest BCUT2D eigenvalue weighted by Gasteiger charge is 2.42. The normalized spacial score (nSPS) is 18.9. The van der Waals surface area contributed by atoms with E-state index in [-0.39, 0.29) is 13.0 Å². The van der Waals surface area contributed by atoms with Crippen molar-refractivity contribution in [3.63, 3.8) is 0 Å². The molecule has 1 fully saturated rings. The van der Waals surface area contributed by atoms with Gasteiger partial charge in [-0.1, -0.05) is 0 Å². The van der Waals surface area contributed by atoms with Gasteiger partial charge in [0.05, 0.1) is 13.0 Å². The Morgan fingerprint density at radius 2 is 1.76 bits per heavy atom. The van der Waals surface area contributed by atoms with Gasteiger partial charge in [-0.2, -0.15) is 0 Å². The standard InChI is InChI=1S/C20H34N6O8/c1-11(28)20(23,10-27)19(34)25-13(9-15(29)30)17(32)24-12(5-2-3-7-21)18(33)26-8-4-6-14(26)16(22)31/h12-14,27H,2-10,21,23H2,1H3,(H2,22,31)(H,24,32)(H,25,34)(H,29,30)/t12-,13-,14-,20+/m0/s1. The first kappa shape index (κ1) is 28.9. The number of hydrogen-bond donors (Lipinski definition) is 7. The van der Waals surface area contributed by atoms with Crippen LogP contribution in [0.3, 0.4) is 0 Å². The lowest BCUT2D eigenvalue weighted by Crippen LogP contribution is -2.65. The average Bonchev–Trinajstić information content (AvgIpc) is 3.26. The third kappa shape index (κ3) is 7.46. The number of rotatable bonds is 14. The number of aliphatic hydroxyl groups excluding tert-OH is 1. The van der Waals surface area contributed by atoms with Crippen LogP contribution in [-0.2, 0) is 28.8 Å². The smallest absolute Gasteiger partial charge is 0.305 e. The lowest BCUT2D eigenvalue weighted by atomic mass is 9.95. The molecule has 1 rings (SSSR count). The number of aliphatic hydroxyl groups is 1. The number of aliphatic carboxylic acids is 1.